The number of sulfone groups is 1. The minimum Gasteiger partial charge on any atom is -0.481 e. The average molecular weight is 383 g/mol. The third-order valence-corrected chi connectivity index (χ3v) is 5.92. The van der Waals surface area contributed by atoms with Gasteiger partial charge < -0.3 is 5.11 Å². The van der Waals surface area contributed by atoms with Gasteiger partial charge in [-0.25, -0.2) is 16.8 Å². The van der Waals surface area contributed by atoms with Crippen LogP contribution in [0.2, 0.25) is 0 Å². The summed E-state index contributed by atoms with van der Waals surface area (Å²) in [4.78, 5) is 10.7. The topological polar surface area (TPSA) is 118 Å². The molecular weight excluding hydrogens is 366 g/mol. The quantitative estimate of drug-likeness (QED) is 0.754. The third kappa shape index (κ3) is 5.30. The zero-order chi connectivity index (χ0) is 18.7. The zero-order valence-electron chi connectivity index (χ0n) is 13.3. The maximum atomic E-state index is 12.3. The Morgan fingerprint density at radius 3 is 1.92 bits per heavy atom. The Morgan fingerprint density at radius 1 is 0.920 bits per heavy atom. The highest BCUT2D eigenvalue weighted by Crippen LogP contribution is 2.19. The number of carboxylic acid groups (broad SMARTS) is 1. The minimum absolute atomic E-state index is 0.0266. The van der Waals surface area contributed by atoms with E-state index in [-0.39, 0.29) is 21.9 Å². The molecule has 0 atom stereocenters. The molecule has 25 heavy (non-hydrogen) atoms. The van der Waals surface area contributed by atoms with Crippen LogP contribution in [0.3, 0.4) is 0 Å². The molecule has 2 aromatic carbocycles. The summed E-state index contributed by atoms with van der Waals surface area (Å²) in [6.07, 6.45) is 1.35. The zero-order valence-corrected chi connectivity index (χ0v) is 15.0. The number of sulfonamides is 1. The standard InChI is InChI=1S/C16H17NO6S2/c1-24(20,21)14-9-5-13(6-10-14)17-25(22,23)15-7-2-12(3-8-15)4-11-16(18)19/h2-3,5-10,17H,4,11H2,1H3,(H,18,19). The maximum absolute atomic E-state index is 12.3. The number of benzene rings is 2. The summed E-state index contributed by atoms with van der Waals surface area (Å²) in [5.41, 5.74) is 0.959. The summed E-state index contributed by atoms with van der Waals surface area (Å²) in [7, 11) is -7.18. The van der Waals surface area contributed by atoms with Crippen LogP contribution in [0.15, 0.2) is 58.3 Å². The van der Waals surface area contributed by atoms with Crippen molar-refractivity contribution < 1.29 is 26.7 Å². The van der Waals surface area contributed by atoms with Gasteiger partial charge in [-0.3, -0.25) is 9.52 Å². The molecule has 2 rings (SSSR count). The maximum Gasteiger partial charge on any atom is 0.303 e. The molecule has 0 unspecified atom stereocenters. The predicted octanol–water partition coefficient (Wildman–Crippen LogP) is 1.91. The van der Waals surface area contributed by atoms with E-state index in [1.54, 1.807) is 12.1 Å². The third-order valence-electron chi connectivity index (χ3n) is 3.40. The highest BCUT2D eigenvalue weighted by atomic mass is 32.2. The second kappa shape index (κ2) is 7.24. The van der Waals surface area contributed by atoms with Gasteiger partial charge in [0.05, 0.1) is 9.79 Å². The number of aliphatic carboxylic acids is 1. The molecule has 0 amide bonds. The normalized spacial score (nSPS) is 11.9. The van der Waals surface area contributed by atoms with Gasteiger partial charge in [-0.05, 0) is 48.4 Å². The van der Waals surface area contributed by atoms with Crippen molar-refractivity contribution in [3.8, 4) is 0 Å². The summed E-state index contributed by atoms with van der Waals surface area (Å²) < 4.78 is 49.8. The summed E-state index contributed by atoms with van der Waals surface area (Å²) in [5, 5.41) is 8.65. The summed E-state index contributed by atoms with van der Waals surface area (Å²) in [5.74, 6) is -0.920. The molecule has 0 aliphatic carbocycles. The van der Waals surface area contributed by atoms with Crippen LogP contribution in [-0.2, 0) is 31.1 Å². The molecule has 0 radical (unpaired) electrons. The SMILES string of the molecule is CS(=O)(=O)c1ccc(NS(=O)(=O)c2ccc(CCC(=O)O)cc2)cc1. The van der Waals surface area contributed by atoms with Crippen molar-refractivity contribution in [1.29, 1.82) is 0 Å². The lowest BCUT2D eigenvalue weighted by Gasteiger charge is -2.09. The average Bonchev–Trinajstić information content (AvgIpc) is 2.52. The number of aryl methyl sites for hydroxylation is 1. The van der Waals surface area contributed by atoms with E-state index in [0.717, 1.165) is 11.8 Å². The molecule has 0 spiro atoms. The minimum atomic E-state index is -3.83. The first-order valence-electron chi connectivity index (χ1n) is 7.21. The Labute approximate surface area is 146 Å². The molecule has 0 bridgehead atoms. The molecule has 134 valence electrons. The van der Waals surface area contributed by atoms with Crippen LogP contribution in [0.25, 0.3) is 0 Å². The number of rotatable bonds is 7. The Balaban J connectivity index is 2.14. The largest absolute Gasteiger partial charge is 0.481 e. The second-order valence-corrected chi connectivity index (χ2v) is 9.14. The van der Waals surface area contributed by atoms with E-state index < -0.39 is 25.8 Å². The molecule has 7 nitrogen and oxygen atoms in total. The van der Waals surface area contributed by atoms with Crippen LogP contribution >= 0.6 is 0 Å². The van der Waals surface area contributed by atoms with Crippen LogP contribution in [0.5, 0.6) is 0 Å². The van der Waals surface area contributed by atoms with Crippen molar-refractivity contribution >= 4 is 31.5 Å². The van der Waals surface area contributed by atoms with Crippen LogP contribution in [-0.4, -0.2) is 34.2 Å². The number of hydrogen-bond donors (Lipinski definition) is 2. The van der Waals surface area contributed by atoms with Crippen molar-refractivity contribution in [3.05, 3.63) is 54.1 Å². The van der Waals surface area contributed by atoms with Crippen molar-refractivity contribution in [3.63, 3.8) is 0 Å². The van der Waals surface area contributed by atoms with E-state index in [0.29, 0.717) is 6.42 Å². The monoisotopic (exact) mass is 383 g/mol. The van der Waals surface area contributed by atoms with Crippen LogP contribution in [0.4, 0.5) is 5.69 Å². The molecule has 0 heterocycles. The molecular formula is C16H17NO6S2. The van der Waals surface area contributed by atoms with Gasteiger partial charge in [-0.2, -0.15) is 0 Å². The van der Waals surface area contributed by atoms with Gasteiger partial charge in [0.1, 0.15) is 0 Å². The van der Waals surface area contributed by atoms with Crippen LogP contribution < -0.4 is 4.72 Å². The van der Waals surface area contributed by atoms with Gasteiger partial charge in [0.25, 0.3) is 10.0 Å². The number of carboxylic acids is 1. The molecule has 0 fully saturated rings. The van der Waals surface area contributed by atoms with Crippen molar-refractivity contribution in [2.24, 2.45) is 0 Å². The van der Waals surface area contributed by atoms with Gasteiger partial charge in [-0.1, -0.05) is 12.1 Å². The van der Waals surface area contributed by atoms with Gasteiger partial charge in [0.2, 0.25) is 0 Å². The van der Waals surface area contributed by atoms with E-state index in [1.807, 2.05) is 0 Å². The fraction of sp³-hybridized carbons (Fsp3) is 0.188. The highest BCUT2D eigenvalue weighted by Gasteiger charge is 2.15. The van der Waals surface area contributed by atoms with Crippen molar-refractivity contribution in [2.75, 3.05) is 11.0 Å². The molecule has 2 aromatic rings. The number of nitrogens with one attached hydrogen (secondary N) is 1. The van der Waals surface area contributed by atoms with Crippen molar-refractivity contribution in [2.45, 2.75) is 22.6 Å². The predicted molar refractivity (Wildman–Crippen MR) is 92.8 cm³/mol. The van der Waals surface area contributed by atoms with E-state index in [4.69, 9.17) is 5.11 Å². The summed E-state index contributed by atoms with van der Waals surface area (Å²) in [6, 6.07) is 11.3. The molecule has 0 aliphatic rings. The van der Waals surface area contributed by atoms with Gasteiger partial charge >= 0.3 is 5.97 Å². The van der Waals surface area contributed by atoms with E-state index in [9.17, 15) is 21.6 Å². The number of anilines is 1. The Morgan fingerprint density at radius 2 is 1.44 bits per heavy atom. The first-order valence-corrected chi connectivity index (χ1v) is 10.6. The van der Waals surface area contributed by atoms with Crippen molar-refractivity contribution in [1.82, 2.24) is 0 Å². The first-order chi connectivity index (χ1) is 11.6. The molecule has 2 N–H and O–H groups in total. The van der Waals surface area contributed by atoms with Gasteiger partial charge in [0.15, 0.2) is 9.84 Å². The molecule has 0 saturated heterocycles. The Bertz CT molecular complexity index is 962. The molecule has 0 aromatic heterocycles. The lowest BCUT2D eigenvalue weighted by atomic mass is 10.1. The molecule has 9 heteroatoms. The molecule has 0 saturated carbocycles. The fourth-order valence-electron chi connectivity index (χ4n) is 2.07. The second-order valence-electron chi connectivity index (χ2n) is 5.44. The lowest BCUT2D eigenvalue weighted by molar-refractivity contribution is -0.136. The van der Waals surface area contributed by atoms with E-state index in [2.05, 4.69) is 4.72 Å². The van der Waals surface area contributed by atoms with E-state index >= 15 is 0 Å². The molecule has 0 aliphatic heterocycles. The highest BCUT2D eigenvalue weighted by molar-refractivity contribution is 7.92. The lowest BCUT2D eigenvalue weighted by Crippen LogP contribution is -2.13. The first kappa shape index (κ1) is 18.9. The summed E-state index contributed by atoms with van der Waals surface area (Å²) >= 11 is 0. The number of hydrogen-bond acceptors (Lipinski definition) is 5. The summed E-state index contributed by atoms with van der Waals surface area (Å²) in [6.45, 7) is 0. The Kier molecular flexibility index (Phi) is 5.48. The van der Waals surface area contributed by atoms with Gasteiger partial charge in [0, 0.05) is 18.4 Å². The van der Waals surface area contributed by atoms with E-state index in [1.165, 1.54) is 36.4 Å². The smallest absolute Gasteiger partial charge is 0.303 e. The fourth-order valence-corrected chi connectivity index (χ4v) is 3.76. The van der Waals surface area contributed by atoms with Crippen LogP contribution in [0.1, 0.15) is 12.0 Å². The number of carbonyl (C=O) groups is 1. The Hall–Kier alpha value is -2.39. The van der Waals surface area contributed by atoms with Gasteiger partial charge in [-0.15, -0.1) is 0 Å². The van der Waals surface area contributed by atoms with Crippen LogP contribution in [0, 0.1) is 0 Å².